The van der Waals surface area contributed by atoms with Crippen molar-refractivity contribution in [1.82, 2.24) is 10.2 Å². The van der Waals surface area contributed by atoms with Crippen molar-refractivity contribution < 1.29 is 0 Å². The molecule has 0 aliphatic carbocycles. The third-order valence-corrected chi connectivity index (χ3v) is 3.47. The summed E-state index contributed by atoms with van der Waals surface area (Å²) in [5, 5.41) is 10.7. The van der Waals surface area contributed by atoms with Crippen LogP contribution in [0.1, 0.15) is 6.42 Å². The Hall–Kier alpha value is -1.68. The van der Waals surface area contributed by atoms with Crippen molar-refractivity contribution in [2.45, 2.75) is 6.42 Å². The van der Waals surface area contributed by atoms with Gasteiger partial charge in [-0.3, -0.25) is 0 Å². The molecule has 1 unspecified atom stereocenters. The minimum atomic E-state index is 0.593. The van der Waals surface area contributed by atoms with E-state index in [1.165, 1.54) is 5.39 Å². The maximum atomic E-state index is 5.72. The Balaban J connectivity index is 2.00. The van der Waals surface area contributed by atoms with Crippen molar-refractivity contribution in [3.8, 4) is 0 Å². The van der Waals surface area contributed by atoms with Crippen LogP contribution in [0.2, 0.25) is 0 Å². The predicted molar refractivity (Wildman–Crippen MR) is 68.9 cm³/mol. The number of hydrogen-bond acceptors (Lipinski definition) is 4. The molecule has 1 saturated heterocycles. The fourth-order valence-corrected chi connectivity index (χ4v) is 2.46. The number of fused-ring (bicyclic) bond motifs is 1. The maximum absolute atomic E-state index is 5.72. The average Bonchev–Trinajstić information content (AvgIpc) is 2.87. The molecule has 1 aliphatic rings. The van der Waals surface area contributed by atoms with Crippen LogP contribution in [0.15, 0.2) is 30.5 Å². The second kappa shape index (κ2) is 4.30. The molecule has 1 aliphatic heterocycles. The zero-order valence-electron chi connectivity index (χ0n) is 9.71. The van der Waals surface area contributed by atoms with Gasteiger partial charge in [-0.1, -0.05) is 24.3 Å². The van der Waals surface area contributed by atoms with Crippen LogP contribution in [0.4, 0.5) is 5.82 Å². The molecule has 4 heteroatoms. The first-order chi connectivity index (χ1) is 8.38. The van der Waals surface area contributed by atoms with Gasteiger partial charge in [0.1, 0.15) is 0 Å². The normalized spacial score (nSPS) is 20.1. The van der Waals surface area contributed by atoms with Crippen molar-refractivity contribution in [1.29, 1.82) is 0 Å². The molecule has 3 rings (SSSR count). The first kappa shape index (κ1) is 10.5. The molecule has 0 saturated carbocycles. The number of nitrogens with two attached hydrogens (primary N) is 1. The topological polar surface area (TPSA) is 55.0 Å². The minimum absolute atomic E-state index is 0.593. The largest absolute Gasteiger partial charge is 0.354 e. The van der Waals surface area contributed by atoms with Crippen LogP contribution in [-0.2, 0) is 0 Å². The van der Waals surface area contributed by atoms with Crippen LogP contribution in [0.5, 0.6) is 0 Å². The van der Waals surface area contributed by atoms with E-state index in [2.05, 4.69) is 27.2 Å². The Morgan fingerprint density at radius 2 is 2.24 bits per heavy atom. The first-order valence-corrected chi connectivity index (χ1v) is 6.04. The number of nitrogens with zero attached hydrogens (tertiary/aromatic N) is 3. The SMILES string of the molecule is NCC1CCN(c2nncc3ccccc23)C1. The zero-order valence-corrected chi connectivity index (χ0v) is 9.71. The van der Waals surface area contributed by atoms with Crippen molar-refractivity contribution in [2.24, 2.45) is 11.7 Å². The first-order valence-electron chi connectivity index (χ1n) is 6.04. The van der Waals surface area contributed by atoms with Crippen LogP contribution in [-0.4, -0.2) is 29.8 Å². The van der Waals surface area contributed by atoms with Gasteiger partial charge in [0, 0.05) is 23.9 Å². The molecular weight excluding hydrogens is 212 g/mol. The molecule has 1 fully saturated rings. The lowest BCUT2D eigenvalue weighted by molar-refractivity contribution is 0.602. The van der Waals surface area contributed by atoms with Crippen LogP contribution in [0.25, 0.3) is 10.8 Å². The Kier molecular flexibility index (Phi) is 2.65. The van der Waals surface area contributed by atoms with E-state index >= 15 is 0 Å². The molecule has 1 atom stereocenters. The summed E-state index contributed by atoms with van der Waals surface area (Å²) in [6.07, 6.45) is 2.97. The average molecular weight is 228 g/mol. The highest BCUT2D eigenvalue weighted by Crippen LogP contribution is 2.27. The number of rotatable bonds is 2. The van der Waals surface area contributed by atoms with E-state index in [0.29, 0.717) is 5.92 Å². The van der Waals surface area contributed by atoms with E-state index in [-0.39, 0.29) is 0 Å². The lowest BCUT2D eigenvalue weighted by atomic mass is 10.1. The van der Waals surface area contributed by atoms with Crippen LogP contribution < -0.4 is 10.6 Å². The summed E-state index contributed by atoms with van der Waals surface area (Å²) in [5.41, 5.74) is 5.72. The second-order valence-corrected chi connectivity index (χ2v) is 4.59. The summed E-state index contributed by atoms with van der Waals surface area (Å²) in [5.74, 6) is 1.59. The summed E-state index contributed by atoms with van der Waals surface area (Å²) >= 11 is 0. The summed E-state index contributed by atoms with van der Waals surface area (Å²) in [7, 11) is 0. The predicted octanol–water partition coefficient (Wildman–Crippen LogP) is 1.41. The molecule has 4 nitrogen and oxygen atoms in total. The zero-order chi connectivity index (χ0) is 11.7. The summed E-state index contributed by atoms with van der Waals surface area (Å²) in [6.45, 7) is 2.79. The van der Waals surface area contributed by atoms with Gasteiger partial charge in [0.25, 0.3) is 0 Å². The Labute approximate surface area is 100 Å². The molecule has 2 heterocycles. The van der Waals surface area contributed by atoms with Gasteiger partial charge >= 0.3 is 0 Å². The van der Waals surface area contributed by atoms with Gasteiger partial charge in [0.2, 0.25) is 0 Å². The van der Waals surface area contributed by atoms with Crippen molar-refractivity contribution in [3.63, 3.8) is 0 Å². The van der Waals surface area contributed by atoms with Gasteiger partial charge < -0.3 is 10.6 Å². The fourth-order valence-electron chi connectivity index (χ4n) is 2.46. The van der Waals surface area contributed by atoms with Crippen LogP contribution in [0.3, 0.4) is 0 Å². The standard InChI is InChI=1S/C13H16N4/c14-7-10-5-6-17(9-10)13-12-4-2-1-3-11(12)8-15-16-13/h1-4,8,10H,5-7,9,14H2. The van der Waals surface area contributed by atoms with Crippen molar-refractivity contribution in [3.05, 3.63) is 30.5 Å². The van der Waals surface area contributed by atoms with E-state index < -0.39 is 0 Å². The van der Waals surface area contributed by atoms with Crippen molar-refractivity contribution >= 4 is 16.6 Å². The molecule has 2 aromatic rings. The maximum Gasteiger partial charge on any atom is 0.159 e. The smallest absolute Gasteiger partial charge is 0.159 e. The monoisotopic (exact) mass is 228 g/mol. The van der Waals surface area contributed by atoms with Crippen molar-refractivity contribution in [2.75, 3.05) is 24.5 Å². The highest BCUT2D eigenvalue weighted by Gasteiger charge is 2.23. The summed E-state index contributed by atoms with van der Waals surface area (Å²) in [4.78, 5) is 2.30. The van der Waals surface area contributed by atoms with Gasteiger partial charge in [-0.25, -0.2) is 0 Å². The third-order valence-electron chi connectivity index (χ3n) is 3.47. The highest BCUT2D eigenvalue weighted by atomic mass is 15.3. The second-order valence-electron chi connectivity index (χ2n) is 4.59. The minimum Gasteiger partial charge on any atom is -0.354 e. The molecule has 0 amide bonds. The van der Waals surface area contributed by atoms with Gasteiger partial charge in [-0.05, 0) is 18.9 Å². The molecule has 1 aromatic carbocycles. The Morgan fingerprint density at radius 3 is 3.06 bits per heavy atom. The molecule has 88 valence electrons. The fraction of sp³-hybridized carbons (Fsp3) is 0.385. The molecule has 0 bridgehead atoms. The molecule has 0 radical (unpaired) electrons. The van der Waals surface area contributed by atoms with E-state index in [0.717, 1.165) is 37.3 Å². The van der Waals surface area contributed by atoms with Gasteiger partial charge in [-0.15, -0.1) is 5.10 Å². The van der Waals surface area contributed by atoms with Gasteiger partial charge in [0.15, 0.2) is 5.82 Å². The quantitative estimate of drug-likeness (QED) is 0.844. The number of anilines is 1. The van der Waals surface area contributed by atoms with Crippen LogP contribution >= 0.6 is 0 Å². The summed E-state index contributed by atoms with van der Waals surface area (Å²) in [6, 6.07) is 8.25. The number of benzene rings is 1. The molecule has 0 spiro atoms. The molecule has 1 aromatic heterocycles. The lowest BCUT2D eigenvalue weighted by Crippen LogP contribution is -2.23. The Bertz CT molecular complexity index is 520. The number of aromatic nitrogens is 2. The van der Waals surface area contributed by atoms with E-state index in [4.69, 9.17) is 5.73 Å². The van der Waals surface area contributed by atoms with E-state index in [9.17, 15) is 0 Å². The highest BCUT2D eigenvalue weighted by molar-refractivity contribution is 5.91. The molecular formula is C13H16N4. The lowest BCUT2D eigenvalue weighted by Gasteiger charge is -2.18. The molecule has 17 heavy (non-hydrogen) atoms. The molecule has 2 N–H and O–H groups in total. The van der Waals surface area contributed by atoms with Crippen LogP contribution in [0, 0.1) is 5.92 Å². The van der Waals surface area contributed by atoms with Gasteiger partial charge in [0.05, 0.1) is 6.20 Å². The third kappa shape index (κ3) is 1.85. The van der Waals surface area contributed by atoms with Gasteiger partial charge in [-0.2, -0.15) is 5.10 Å². The van der Waals surface area contributed by atoms with E-state index in [1.807, 2.05) is 18.3 Å². The van der Waals surface area contributed by atoms with E-state index in [1.54, 1.807) is 0 Å². The Morgan fingerprint density at radius 1 is 1.35 bits per heavy atom. The number of hydrogen-bond donors (Lipinski definition) is 1. The summed E-state index contributed by atoms with van der Waals surface area (Å²) < 4.78 is 0.